The number of aliphatic hydroxyl groups excluding tert-OH is 1. The highest BCUT2D eigenvalue weighted by atomic mass is 16.5. The molecule has 1 N–H and O–H groups in total. The van der Waals surface area contributed by atoms with Crippen molar-refractivity contribution < 1.29 is 9.84 Å². The topological polar surface area (TPSA) is 42.4 Å². The summed E-state index contributed by atoms with van der Waals surface area (Å²) in [6, 6.07) is 15.7. The fraction of sp³-hybridized carbons (Fsp3) is 0.167. The molecule has 106 valence electrons. The summed E-state index contributed by atoms with van der Waals surface area (Å²) in [6.45, 7) is 3.98. The Morgan fingerprint density at radius 1 is 1.00 bits per heavy atom. The Kier molecular flexibility index (Phi) is 3.59. The molecule has 0 fully saturated rings. The first-order valence-corrected chi connectivity index (χ1v) is 6.92. The predicted octanol–water partition coefficient (Wildman–Crippen LogP) is 4.14. The minimum Gasteiger partial charge on any atom is -0.456 e. The third-order valence-electron chi connectivity index (χ3n) is 3.44. The maximum Gasteiger partial charge on any atom is 0.138 e. The van der Waals surface area contributed by atoms with E-state index in [1.54, 1.807) is 6.07 Å². The Bertz CT molecular complexity index is 796. The molecule has 0 aliphatic heterocycles. The number of aliphatic hydroxyl groups is 1. The zero-order valence-electron chi connectivity index (χ0n) is 12.1. The van der Waals surface area contributed by atoms with E-state index in [4.69, 9.17) is 4.74 Å². The molecule has 0 radical (unpaired) electrons. The number of hydrogen-bond donors (Lipinski definition) is 1. The highest BCUT2D eigenvalue weighted by Crippen LogP contribution is 2.31. The van der Waals surface area contributed by atoms with Crippen LogP contribution in [0.2, 0.25) is 0 Å². The Labute approximate surface area is 123 Å². The molecule has 0 saturated carbocycles. The fourth-order valence-electron chi connectivity index (χ4n) is 2.39. The van der Waals surface area contributed by atoms with E-state index in [-0.39, 0.29) is 6.61 Å². The predicted molar refractivity (Wildman–Crippen MR) is 83.7 cm³/mol. The summed E-state index contributed by atoms with van der Waals surface area (Å²) in [6.07, 6.45) is 0. The van der Waals surface area contributed by atoms with E-state index in [1.807, 2.05) is 43.3 Å². The average molecular weight is 279 g/mol. The summed E-state index contributed by atoms with van der Waals surface area (Å²) in [5.74, 6) is 1.54. The van der Waals surface area contributed by atoms with Crippen molar-refractivity contribution in [3.63, 3.8) is 0 Å². The molecule has 0 bridgehead atoms. The van der Waals surface area contributed by atoms with Gasteiger partial charge in [-0.1, -0.05) is 29.8 Å². The van der Waals surface area contributed by atoms with E-state index >= 15 is 0 Å². The van der Waals surface area contributed by atoms with Crippen molar-refractivity contribution in [2.24, 2.45) is 0 Å². The lowest BCUT2D eigenvalue weighted by atomic mass is 10.1. The monoisotopic (exact) mass is 279 g/mol. The minimum atomic E-state index is -0.103. The quantitative estimate of drug-likeness (QED) is 0.783. The molecule has 21 heavy (non-hydrogen) atoms. The van der Waals surface area contributed by atoms with Crippen LogP contribution < -0.4 is 4.74 Å². The molecule has 0 aliphatic carbocycles. The molecule has 1 heterocycles. The Morgan fingerprint density at radius 3 is 2.57 bits per heavy atom. The second-order valence-electron chi connectivity index (χ2n) is 5.16. The van der Waals surface area contributed by atoms with Gasteiger partial charge in [0.1, 0.15) is 11.5 Å². The number of aromatic nitrogens is 1. The van der Waals surface area contributed by atoms with Crippen LogP contribution in [-0.2, 0) is 6.61 Å². The summed E-state index contributed by atoms with van der Waals surface area (Å²) < 4.78 is 6.07. The fourth-order valence-corrected chi connectivity index (χ4v) is 2.39. The lowest BCUT2D eigenvalue weighted by Gasteiger charge is -2.12. The number of rotatable bonds is 3. The van der Waals surface area contributed by atoms with Crippen molar-refractivity contribution in [3.05, 3.63) is 65.4 Å². The van der Waals surface area contributed by atoms with Crippen LogP contribution in [-0.4, -0.2) is 10.1 Å². The van der Waals surface area contributed by atoms with Gasteiger partial charge >= 0.3 is 0 Å². The third-order valence-corrected chi connectivity index (χ3v) is 3.44. The first-order valence-electron chi connectivity index (χ1n) is 6.92. The summed E-state index contributed by atoms with van der Waals surface area (Å²) in [4.78, 5) is 4.40. The van der Waals surface area contributed by atoms with Crippen molar-refractivity contribution in [3.8, 4) is 11.5 Å². The van der Waals surface area contributed by atoms with Crippen LogP contribution in [0, 0.1) is 13.8 Å². The maximum absolute atomic E-state index is 9.36. The number of para-hydroxylation sites is 1. The summed E-state index contributed by atoms with van der Waals surface area (Å²) >= 11 is 0. The smallest absolute Gasteiger partial charge is 0.138 e. The zero-order valence-corrected chi connectivity index (χ0v) is 12.1. The molecule has 0 atom stereocenters. The molecule has 2 aromatic carbocycles. The first-order chi connectivity index (χ1) is 10.2. The minimum absolute atomic E-state index is 0.103. The number of nitrogens with zero attached hydrogens (tertiary/aromatic N) is 1. The van der Waals surface area contributed by atoms with E-state index in [1.165, 1.54) is 5.56 Å². The normalized spacial score (nSPS) is 10.8. The Morgan fingerprint density at radius 2 is 1.81 bits per heavy atom. The van der Waals surface area contributed by atoms with Crippen LogP contribution in [0.1, 0.15) is 16.8 Å². The highest BCUT2D eigenvalue weighted by Gasteiger charge is 2.09. The number of aryl methyl sites for hydroxylation is 2. The summed E-state index contributed by atoms with van der Waals surface area (Å²) in [5.41, 5.74) is 3.72. The van der Waals surface area contributed by atoms with Crippen LogP contribution in [0.5, 0.6) is 11.5 Å². The van der Waals surface area contributed by atoms with Crippen LogP contribution in [0.4, 0.5) is 0 Å². The van der Waals surface area contributed by atoms with Crippen LogP contribution in [0.3, 0.4) is 0 Å². The van der Waals surface area contributed by atoms with Crippen molar-refractivity contribution >= 4 is 10.9 Å². The van der Waals surface area contributed by atoms with E-state index < -0.39 is 0 Å². The largest absolute Gasteiger partial charge is 0.456 e. The van der Waals surface area contributed by atoms with Crippen molar-refractivity contribution in [1.29, 1.82) is 0 Å². The van der Waals surface area contributed by atoms with E-state index in [2.05, 4.69) is 18.0 Å². The van der Waals surface area contributed by atoms with Gasteiger partial charge in [0, 0.05) is 11.5 Å². The summed E-state index contributed by atoms with van der Waals surface area (Å²) in [5, 5.41) is 10.3. The average Bonchev–Trinajstić information content (AvgIpc) is 2.49. The van der Waals surface area contributed by atoms with Crippen LogP contribution >= 0.6 is 0 Å². The number of fused-ring (bicyclic) bond motifs is 1. The van der Waals surface area contributed by atoms with E-state index in [0.29, 0.717) is 5.69 Å². The lowest BCUT2D eigenvalue weighted by molar-refractivity contribution is 0.276. The maximum atomic E-state index is 9.36. The van der Waals surface area contributed by atoms with Gasteiger partial charge in [-0.05, 0) is 37.6 Å². The number of benzene rings is 2. The van der Waals surface area contributed by atoms with E-state index in [9.17, 15) is 5.11 Å². The molecule has 3 aromatic rings. The number of ether oxygens (including phenoxy) is 1. The molecule has 3 rings (SSSR count). The number of hydrogen-bond acceptors (Lipinski definition) is 3. The van der Waals surface area contributed by atoms with Gasteiger partial charge in [-0.25, -0.2) is 0 Å². The standard InChI is InChI=1S/C18H17NO2/c1-12-7-8-17(13(2)9-12)21-18-10-14(11-20)19-16-6-4-3-5-15(16)18/h3-10,20H,11H2,1-2H3. The van der Waals surface area contributed by atoms with Gasteiger partial charge < -0.3 is 9.84 Å². The SMILES string of the molecule is Cc1ccc(Oc2cc(CO)nc3ccccc23)c(C)c1. The molecular formula is C18H17NO2. The van der Waals surface area contributed by atoms with Gasteiger partial charge in [0.05, 0.1) is 17.8 Å². The van der Waals surface area contributed by atoms with Gasteiger partial charge in [-0.3, -0.25) is 4.98 Å². The number of pyridine rings is 1. The highest BCUT2D eigenvalue weighted by molar-refractivity contribution is 5.85. The zero-order chi connectivity index (χ0) is 14.8. The molecular weight excluding hydrogens is 262 g/mol. The van der Waals surface area contributed by atoms with E-state index in [0.717, 1.165) is 28.0 Å². The molecule has 0 saturated heterocycles. The molecule has 0 spiro atoms. The third kappa shape index (κ3) is 2.73. The molecule has 3 heteroatoms. The van der Waals surface area contributed by atoms with Gasteiger partial charge in [0.2, 0.25) is 0 Å². The van der Waals surface area contributed by atoms with Gasteiger partial charge in [-0.15, -0.1) is 0 Å². The molecule has 1 aromatic heterocycles. The Hall–Kier alpha value is -2.39. The summed E-state index contributed by atoms with van der Waals surface area (Å²) in [7, 11) is 0. The second kappa shape index (κ2) is 5.54. The first kappa shape index (κ1) is 13.6. The van der Waals surface area contributed by atoms with Crippen LogP contribution in [0.15, 0.2) is 48.5 Å². The molecule has 0 amide bonds. The van der Waals surface area contributed by atoms with Crippen molar-refractivity contribution in [2.45, 2.75) is 20.5 Å². The van der Waals surface area contributed by atoms with Gasteiger partial charge in [-0.2, -0.15) is 0 Å². The molecule has 0 unspecified atom stereocenters. The van der Waals surface area contributed by atoms with Crippen molar-refractivity contribution in [1.82, 2.24) is 4.98 Å². The molecule has 0 aliphatic rings. The van der Waals surface area contributed by atoms with Crippen molar-refractivity contribution in [2.75, 3.05) is 0 Å². The van der Waals surface area contributed by atoms with Crippen LogP contribution in [0.25, 0.3) is 10.9 Å². The Balaban J connectivity index is 2.10. The molecule has 3 nitrogen and oxygen atoms in total. The van der Waals surface area contributed by atoms with Gasteiger partial charge in [0.25, 0.3) is 0 Å². The van der Waals surface area contributed by atoms with Gasteiger partial charge in [0.15, 0.2) is 0 Å². The second-order valence-corrected chi connectivity index (χ2v) is 5.16. The lowest BCUT2D eigenvalue weighted by Crippen LogP contribution is -1.95.